The Morgan fingerprint density at radius 2 is 1.56 bits per heavy atom. The number of hydrogen-bond donors (Lipinski definition) is 1. The Morgan fingerprint density at radius 1 is 0.853 bits per heavy atom. The van der Waals surface area contributed by atoms with Crippen molar-refractivity contribution >= 4 is 34.4 Å². The Hall–Kier alpha value is -4.46. The van der Waals surface area contributed by atoms with E-state index in [1.54, 1.807) is 72.8 Å². The highest BCUT2D eigenvalue weighted by Crippen LogP contribution is 2.14. The van der Waals surface area contributed by atoms with Crippen molar-refractivity contribution in [1.82, 2.24) is 4.57 Å². The summed E-state index contributed by atoms with van der Waals surface area (Å²) in [5, 5.41) is 2.76. The molecule has 0 aliphatic carbocycles. The second-order valence-electron chi connectivity index (χ2n) is 7.57. The number of nitrogens with one attached hydrogen (secondary N) is 1. The zero-order chi connectivity index (χ0) is 23.9. The first-order valence-electron chi connectivity index (χ1n) is 10.7. The number of nitrogens with zero attached hydrogens (tertiary/aromatic N) is 1. The summed E-state index contributed by atoms with van der Waals surface area (Å²) in [6, 6.07) is 22.2. The van der Waals surface area contributed by atoms with Gasteiger partial charge in [0.25, 0.3) is 5.91 Å². The molecule has 0 saturated heterocycles. The summed E-state index contributed by atoms with van der Waals surface area (Å²) in [6.07, 6.45) is 0.427. The lowest BCUT2D eigenvalue weighted by molar-refractivity contribution is -0.142. The number of esters is 1. The van der Waals surface area contributed by atoms with Gasteiger partial charge in [-0.1, -0.05) is 30.3 Å². The number of anilines is 1. The SMILES string of the molecule is O=C(CCCn1c(=O)oc2ccccc21)OCC(=O)c1ccc(NC(=O)c2ccccc2)cc1. The Balaban J connectivity index is 1.23. The van der Waals surface area contributed by atoms with Crippen LogP contribution in [0.15, 0.2) is 88.1 Å². The van der Waals surface area contributed by atoms with Crippen LogP contribution in [0.2, 0.25) is 0 Å². The van der Waals surface area contributed by atoms with Crippen molar-refractivity contribution in [2.24, 2.45) is 0 Å². The number of para-hydroxylation sites is 2. The van der Waals surface area contributed by atoms with Gasteiger partial charge in [0.2, 0.25) is 0 Å². The van der Waals surface area contributed by atoms with Crippen LogP contribution in [-0.4, -0.2) is 28.8 Å². The second-order valence-corrected chi connectivity index (χ2v) is 7.57. The lowest BCUT2D eigenvalue weighted by atomic mass is 10.1. The minimum Gasteiger partial charge on any atom is -0.457 e. The van der Waals surface area contributed by atoms with Crippen LogP contribution in [0.1, 0.15) is 33.6 Å². The lowest BCUT2D eigenvalue weighted by Gasteiger charge is -2.07. The van der Waals surface area contributed by atoms with Crippen LogP contribution in [-0.2, 0) is 16.1 Å². The summed E-state index contributed by atoms with van der Waals surface area (Å²) in [4.78, 5) is 48.5. The molecule has 8 heteroatoms. The van der Waals surface area contributed by atoms with E-state index in [-0.39, 0.29) is 24.7 Å². The van der Waals surface area contributed by atoms with Crippen molar-refractivity contribution < 1.29 is 23.5 Å². The minimum atomic E-state index is -0.527. The summed E-state index contributed by atoms with van der Waals surface area (Å²) < 4.78 is 11.7. The van der Waals surface area contributed by atoms with Gasteiger partial charge < -0.3 is 14.5 Å². The number of ether oxygens (including phenoxy) is 1. The second kappa shape index (κ2) is 10.4. The zero-order valence-electron chi connectivity index (χ0n) is 18.2. The van der Waals surface area contributed by atoms with Crippen molar-refractivity contribution in [2.45, 2.75) is 19.4 Å². The highest BCUT2D eigenvalue weighted by atomic mass is 16.5. The predicted molar refractivity (Wildman–Crippen MR) is 126 cm³/mol. The fourth-order valence-electron chi connectivity index (χ4n) is 3.44. The lowest BCUT2D eigenvalue weighted by Crippen LogP contribution is -2.17. The van der Waals surface area contributed by atoms with Gasteiger partial charge in [0.05, 0.1) is 5.52 Å². The zero-order valence-corrected chi connectivity index (χ0v) is 18.2. The van der Waals surface area contributed by atoms with E-state index >= 15 is 0 Å². The van der Waals surface area contributed by atoms with E-state index in [0.29, 0.717) is 40.9 Å². The van der Waals surface area contributed by atoms with Crippen LogP contribution in [0.5, 0.6) is 0 Å². The normalized spacial score (nSPS) is 10.7. The maximum atomic E-state index is 12.3. The molecule has 0 spiro atoms. The number of fused-ring (bicyclic) bond motifs is 1. The molecule has 1 N–H and O–H groups in total. The fraction of sp³-hybridized carbons (Fsp3) is 0.154. The van der Waals surface area contributed by atoms with Gasteiger partial charge in [-0.2, -0.15) is 0 Å². The van der Waals surface area contributed by atoms with Gasteiger partial charge in [0.15, 0.2) is 18.0 Å². The van der Waals surface area contributed by atoms with E-state index in [2.05, 4.69) is 5.32 Å². The molecule has 0 bridgehead atoms. The third-order valence-electron chi connectivity index (χ3n) is 5.20. The average molecular weight is 458 g/mol. The monoisotopic (exact) mass is 458 g/mol. The highest BCUT2D eigenvalue weighted by Gasteiger charge is 2.13. The number of ketones is 1. The van der Waals surface area contributed by atoms with E-state index in [9.17, 15) is 19.2 Å². The van der Waals surface area contributed by atoms with Crippen molar-refractivity contribution in [3.05, 3.63) is 101 Å². The molecule has 0 radical (unpaired) electrons. The standard InChI is InChI=1S/C26H22N2O6/c29-22(18-12-14-20(15-13-18)27-25(31)19-7-2-1-3-8-19)17-33-24(30)11-6-16-28-21-9-4-5-10-23(21)34-26(28)32/h1-5,7-10,12-15H,6,11,16-17H2,(H,27,31). The molecular weight excluding hydrogens is 436 g/mol. The van der Waals surface area contributed by atoms with Crippen LogP contribution in [0.3, 0.4) is 0 Å². The Morgan fingerprint density at radius 3 is 2.32 bits per heavy atom. The number of aryl methyl sites for hydroxylation is 1. The number of rotatable bonds is 9. The average Bonchev–Trinajstić information content (AvgIpc) is 3.18. The van der Waals surface area contributed by atoms with Gasteiger partial charge >= 0.3 is 11.7 Å². The Kier molecular flexibility index (Phi) is 6.98. The molecule has 34 heavy (non-hydrogen) atoms. The molecule has 3 aromatic carbocycles. The molecule has 1 aromatic heterocycles. The summed E-state index contributed by atoms with van der Waals surface area (Å²) in [5.74, 6) is -1.61. The van der Waals surface area contributed by atoms with Crippen molar-refractivity contribution in [1.29, 1.82) is 0 Å². The Bertz CT molecular complexity index is 1370. The summed E-state index contributed by atoms with van der Waals surface area (Å²) in [5.41, 5.74) is 2.59. The molecule has 0 fully saturated rings. The number of aromatic nitrogens is 1. The number of amides is 1. The molecule has 0 saturated carbocycles. The van der Waals surface area contributed by atoms with Gasteiger partial charge in [-0.05, 0) is 55.0 Å². The van der Waals surface area contributed by atoms with Gasteiger partial charge in [0.1, 0.15) is 0 Å². The third-order valence-corrected chi connectivity index (χ3v) is 5.20. The quantitative estimate of drug-likeness (QED) is 0.299. The molecule has 0 aliphatic rings. The topological polar surface area (TPSA) is 108 Å². The van der Waals surface area contributed by atoms with E-state index < -0.39 is 11.7 Å². The number of Topliss-reactive ketones (excluding diaryl/α,β-unsaturated/α-hetero) is 1. The maximum Gasteiger partial charge on any atom is 0.419 e. The largest absolute Gasteiger partial charge is 0.457 e. The van der Waals surface area contributed by atoms with E-state index in [1.165, 1.54) is 4.57 Å². The summed E-state index contributed by atoms with van der Waals surface area (Å²) in [6.45, 7) is -0.0851. The Labute approximate surface area is 194 Å². The fourth-order valence-corrected chi connectivity index (χ4v) is 3.44. The van der Waals surface area contributed by atoms with Crippen LogP contribution in [0.25, 0.3) is 11.1 Å². The minimum absolute atomic E-state index is 0.0592. The molecule has 4 aromatic rings. The molecule has 172 valence electrons. The van der Waals surface area contributed by atoms with Gasteiger partial charge in [-0.15, -0.1) is 0 Å². The molecule has 8 nitrogen and oxygen atoms in total. The first kappa shape index (κ1) is 22.7. The molecule has 0 unspecified atom stereocenters. The van der Waals surface area contributed by atoms with Gasteiger partial charge in [-0.25, -0.2) is 4.79 Å². The first-order valence-corrected chi connectivity index (χ1v) is 10.7. The van der Waals surface area contributed by atoms with Crippen molar-refractivity contribution in [3.63, 3.8) is 0 Å². The van der Waals surface area contributed by atoms with Gasteiger partial charge in [-0.3, -0.25) is 19.0 Å². The third kappa shape index (κ3) is 5.47. The van der Waals surface area contributed by atoms with E-state index in [4.69, 9.17) is 9.15 Å². The highest BCUT2D eigenvalue weighted by molar-refractivity contribution is 6.04. The molecule has 1 heterocycles. The number of carbonyl (C=O) groups is 3. The molecule has 4 rings (SSSR count). The molecular formula is C26H22N2O6. The smallest absolute Gasteiger partial charge is 0.419 e. The van der Waals surface area contributed by atoms with Crippen molar-refractivity contribution in [2.75, 3.05) is 11.9 Å². The maximum absolute atomic E-state index is 12.3. The summed E-state index contributed by atoms with van der Waals surface area (Å²) >= 11 is 0. The van der Waals surface area contributed by atoms with Gasteiger partial charge in [0, 0.05) is 29.8 Å². The summed E-state index contributed by atoms with van der Waals surface area (Å²) in [7, 11) is 0. The van der Waals surface area contributed by atoms with E-state index in [1.807, 2.05) is 6.07 Å². The number of hydrogen-bond acceptors (Lipinski definition) is 6. The predicted octanol–water partition coefficient (Wildman–Crippen LogP) is 4.05. The van der Waals surface area contributed by atoms with Crippen LogP contribution < -0.4 is 11.1 Å². The number of carbonyl (C=O) groups excluding carboxylic acids is 3. The van der Waals surface area contributed by atoms with Crippen LogP contribution in [0, 0.1) is 0 Å². The number of benzene rings is 3. The number of oxazole rings is 1. The van der Waals surface area contributed by atoms with E-state index in [0.717, 1.165) is 0 Å². The van der Waals surface area contributed by atoms with Crippen LogP contribution in [0.4, 0.5) is 5.69 Å². The molecule has 0 aliphatic heterocycles. The van der Waals surface area contributed by atoms with Crippen molar-refractivity contribution in [3.8, 4) is 0 Å². The molecule has 1 amide bonds. The molecule has 0 atom stereocenters. The first-order chi connectivity index (χ1) is 16.5. The van der Waals surface area contributed by atoms with Crippen LogP contribution >= 0.6 is 0 Å².